The van der Waals surface area contributed by atoms with Gasteiger partial charge in [0.2, 0.25) is 0 Å². The third-order valence-electron chi connectivity index (χ3n) is 3.43. The maximum absolute atomic E-state index is 12.7. The van der Waals surface area contributed by atoms with E-state index in [1.807, 2.05) is 6.07 Å². The van der Waals surface area contributed by atoms with E-state index in [1.54, 1.807) is 30.3 Å². The maximum Gasteiger partial charge on any atom is 0.262 e. The summed E-state index contributed by atoms with van der Waals surface area (Å²) in [5.41, 5.74) is 0.832. The number of nitrogens with zero attached hydrogens (tertiary/aromatic N) is 2. The lowest BCUT2D eigenvalue weighted by molar-refractivity contribution is 0.102. The fraction of sp³-hybridized carbons (Fsp3) is 0.118. The van der Waals surface area contributed by atoms with Crippen LogP contribution in [0.15, 0.2) is 52.9 Å². The lowest BCUT2D eigenvalue weighted by Crippen LogP contribution is -2.23. The molecule has 0 N–H and O–H groups in total. The summed E-state index contributed by atoms with van der Waals surface area (Å²) in [5.74, 6) is -0.0555. The number of halogens is 2. The zero-order valence-electron chi connectivity index (χ0n) is 12.9. The minimum atomic E-state index is -0.161. The number of carbonyl (C=O) groups excluding carboxylic acids is 1. The number of hydrogen-bond acceptors (Lipinski definition) is 5. The second-order valence-electron chi connectivity index (χ2n) is 5.07. The number of aromatic nitrogens is 2. The van der Waals surface area contributed by atoms with Gasteiger partial charge in [0.15, 0.2) is 10.9 Å². The molecule has 2 aromatic heterocycles. The van der Waals surface area contributed by atoms with E-state index in [0.717, 1.165) is 11.3 Å². The number of allylic oxidation sites excluding steroid dienone is 1. The molecule has 0 aliphatic heterocycles. The van der Waals surface area contributed by atoms with E-state index in [-0.39, 0.29) is 17.1 Å². The monoisotopic (exact) mass is 410 g/mol. The largest absolute Gasteiger partial charge is 0.293 e. The second kappa shape index (κ2) is 7.74. The molecule has 2 heterocycles. The van der Waals surface area contributed by atoms with Gasteiger partial charge in [-0.15, -0.1) is 17.9 Å². The van der Waals surface area contributed by atoms with Crippen molar-refractivity contribution in [2.45, 2.75) is 11.7 Å². The third-order valence-corrected chi connectivity index (χ3v) is 5.89. The normalized spacial score (nSPS) is 11.0. The van der Waals surface area contributed by atoms with Crippen LogP contribution in [-0.4, -0.2) is 21.1 Å². The van der Waals surface area contributed by atoms with Crippen molar-refractivity contribution in [3.63, 3.8) is 0 Å². The number of hydrogen-bond donors (Lipinski definition) is 0. The van der Waals surface area contributed by atoms with E-state index < -0.39 is 0 Å². The number of para-hydroxylation sites is 1. The van der Waals surface area contributed by atoms with Crippen molar-refractivity contribution in [2.75, 3.05) is 5.75 Å². The van der Waals surface area contributed by atoms with Crippen LogP contribution in [0, 0.1) is 0 Å². The Morgan fingerprint density at radius 1 is 1.36 bits per heavy atom. The molecule has 3 aromatic rings. The minimum Gasteiger partial charge on any atom is -0.293 e. The first kappa shape index (κ1) is 18.2. The summed E-state index contributed by atoms with van der Waals surface area (Å²) < 4.78 is 2.34. The van der Waals surface area contributed by atoms with E-state index in [1.165, 1.54) is 16.3 Å². The Hall–Kier alpha value is -1.60. The van der Waals surface area contributed by atoms with E-state index >= 15 is 0 Å². The zero-order chi connectivity index (χ0) is 18.0. The average molecular weight is 411 g/mol. The van der Waals surface area contributed by atoms with Gasteiger partial charge in [-0.1, -0.05) is 53.2 Å². The van der Waals surface area contributed by atoms with Crippen molar-refractivity contribution >= 4 is 63.0 Å². The highest BCUT2D eigenvalue weighted by molar-refractivity contribution is 7.99. The van der Waals surface area contributed by atoms with Crippen molar-refractivity contribution in [2.24, 2.45) is 0 Å². The van der Waals surface area contributed by atoms with E-state index in [0.29, 0.717) is 36.8 Å². The van der Waals surface area contributed by atoms with Gasteiger partial charge in [-0.05, 0) is 18.2 Å². The van der Waals surface area contributed by atoms with Gasteiger partial charge >= 0.3 is 0 Å². The summed E-state index contributed by atoms with van der Waals surface area (Å²) in [6.45, 7) is 4.00. The fourth-order valence-electron chi connectivity index (χ4n) is 2.29. The third kappa shape index (κ3) is 3.82. The number of rotatable bonds is 6. The second-order valence-corrected chi connectivity index (χ2v) is 8.29. The van der Waals surface area contributed by atoms with Gasteiger partial charge in [0, 0.05) is 12.1 Å². The number of fused-ring (bicyclic) bond motifs is 1. The van der Waals surface area contributed by atoms with Gasteiger partial charge in [-0.25, -0.2) is 4.98 Å². The summed E-state index contributed by atoms with van der Waals surface area (Å²) in [5, 5.41) is 1.00. The molecule has 4 nitrogen and oxygen atoms in total. The van der Waals surface area contributed by atoms with Crippen LogP contribution in [0.5, 0.6) is 0 Å². The SMILES string of the molecule is C=CCn1c(SCC(=O)c2cc(Cl)sc2Cl)nc2ccccc2c1=O. The summed E-state index contributed by atoms with van der Waals surface area (Å²) in [4.78, 5) is 29.5. The van der Waals surface area contributed by atoms with E-state index in [4.69, 9.17) is 23.2 Å². The topological polar surface area (TPSA) is 52.0 Å². The number of carbonyl (C=O) groups is 1. The molecule has 0 saturated heterocycles. The molecular weight excluding hydrogens is 399 g/mol. The highest BCUT2D eigenvalue weighted by Gasteiger charge is 2.17. The van der Waals surface area contributed by atoms with Gasteiger partial charge in [-0.2, -0.15) is 0 Å². The zero-order valence-corrected chi connectivity index (χ0v) is 16.0. The minimum absolute atomic E-state index is 0.106. The number of ketones is 1. The van der Waals surface area contributed by atoms with Crippen molar-refractivity contribution in [1.29, 1.82) is 0 Å². The van der Waals surface area contributed by atoms with E-state index in [2.05, 4.69) is 11.6 Å². The van der Waals surface area contributed by atoms with Gasteiger partial charge in [0.25, 0.3) is 5.56 Å². The molecule has 0 radical (unpaired) electrons. The predicted molar refractivity (Wildman–Crippen MR) is 106 cm³/mol. The van der Waals surface area contributed by atoms with Crippen molar-refractivity contribution in [3.8, 4) is 0 Å². The maximum atomic E-state index is 12.7. The number of benzene rings is 1. The smallest absolute Gasteiger partial charge is 0.262 e. The number of Topliss-reactive ketones (excluding diaryl/α,β-unsaturated/α-hetero) is 1. The first-order valence-electron chi connectivity index (χ1n) is 7.22. The van der Waals surface area contributed by atoms with Crippen LogP contribution in [0.25, 0.3) is 10.9 Å². The molecule has 0 spiro atoms. The van der Waals surface area contributed by atoms with Gasteiger partial charge < -0.3 is 0 Å². The summed E-state index contributed by atoms with van der Waals surface area (Å²) in [6, 6.07) is 8.68. The highest BCUT2D eigenvalue weighted by Crippen LogP contribution is 2.32. The van der Waals surface area contributed by atoms with Crippen molar-refractivity contribution < 1.29 is 4.79 Å². The van der Waals surface area contributed by atoms with Crippen molar-refractivity contribution in [1.82, 2.24) is 9.55 Å². The molecule has 0 atom stereocenters. The molecule has 0 unspecified atom stereocenters. The van der Waals surface area contributed by atoms with Crippen LogP contribution in [0.3, 0.4) is 0 Å². The summed E-state index contributed by atoms with van der Waals surface area (Å²) in [6.07, 6.45) is 1.62. The van der Waals surface area contributed by atoms with Crippen LogP contribution < -0.4 is 5.56 Å². The molecule has 25 heavy (non-hydrogen) atoms. The van der Waals surface area contributed by atoms with Gasteiger partial charge in [0.05, 0.1) is 21.0 Å². The molecule has 1 aromatic carbocycles. The van der Waals surface area contributed by atoms with Crippen LogP contribution >= 0.6 is 46.3 Å². The van der Waals surface area contributed by atoms with Crippen LogP contribution in [0.1, 0.15) is 10.4 Å². The molecule has 0 bridgehead atoms. The first-order valence-corrected chi connectivity index (χ1v) is 9.78. The molecule has 3 rings (SSSR count). The predicted octanol–water partition coefficient (Wildman–Crippen LogP) is 4.93. The van der Waals surface area contributed by atoms with Crippen LogP contribution in [0.4, 0.5) is 0 Å². The number of thioether (sulfide) groups is 1. The highest BCUT2D eigenvalue weighted by atomic mass is 35.5. The van der Waals surface area contributed by atoms with E-state index in [9.17, 15) is 9.59 Å². The lowest BCUT2D eigenvalue weighted by Gasteiger charge is -2.11. The fourth-order valence-corrected chi connectivity index (χ4v) is 4.68. The molecular formula is C17H12Cl2N2O2S2. The Balaban J connectivity index is 1.93. The quantitative estimate of drug-likeness (QED) is 0.250. The summed E-state index contributed by atoms with van der Waals surface area (Å²) in [7, 11) is 0. The Morgan fingerprint density at radius 3 is 2.80 bits per heavy atom. The molecule has 0 fully saturated rings. The Morgan fingerprint density at radius 2 is 2.12 bits per heavy atom. The Bertz CT molecular complexity index is 1030. The molecule has 0 amide bonds. The average Bonchev–Trinajstić information content (AvgIpc) is 2.94. The van der Waals surface area contributed by atoms with Crippen LogP contribution in [-0.2, 0) is 6.54 Å². The first-order chi connectivity index (χ1) is 12.0. The van der Waals surface area contributed by atoms with Gasteiger partial charge in [-0.3, -0.25) is 14.2 Å². The van der Waals surface area contributed by atoms with Gasteiger partial charge in [0.1, 0.15) is 4.34 Å². The number of thiophene rings is 1. The van der Waals surface area contributed by atoms with Crippen molar-refractivity contribution in [3.05, 3.63) is 67.6 Å². The Kier molecular flexibility index (Phi) is 5.64. The molecule has 0 aliphatic carbocycles. The Labute approximate surface area is 162 Å². The molecule has 0 saturated carbocycles. The standard InChI is InChI=1S/C17H12Cl2N2O2S2/c1-2-7-21-16(23)10-5-3-4-6-12(10)20-17(21)24-9-13(22)11-8-14(18)25-15(11)19/h2-6,8H,1,7,9H2. The molecule has 128 valence electrons. The van der Waals surface area contributed by atoms with Crippen LogP contribution in [0.2, 0.25) is 8.67 Å². The lowest BCUT2D eigenvalue weighted by atomic mass is 10.2. The molecule has 0 aliphatic rings. The summed E-state index contributed by atoms with van der Waals surface area (Å²) >= 11 is 14.3. The molecule has 8 heteroatoms.